The van der Waals surface area contributed by atoms with Crippen LogP contribution in [-0.4, -0.2) is 14.7 Å². The lowest BCUT2D eigenvalue weighted by Crippen LogP contribution is -2.18. The number of halogens is 1. The number of benzene rings is 1. The molecule has 25 heavy (non-hydrogen) atoms. The molecule has 2 heterocycles. The zero-order valence-corrected chi connectivity index (χ0v) is 14.5. The summed E-state index contributed by atoms with van der Waals surface area (Å²) in [5.74, 6) is -0.241. The Morgan fingerprint density at radius 3 is 2.80 bits per heavy atom. The minimum atomic E-state index is -0.484. The zero-order valence-electron chi connectivity index (χ0n) is 13.7. The van der Waals surface area contributed by atoms with E-state index >= 15 is 0 Å². The van der Waals surface area contributed by atoms with Crippen molar-refractivity contribution in [1.29, 1.82) is 0 Å². The van der Waals surface area contributed by atoms with E-state index in [4.69, 9.17) is 9.51 Å². The topological polar surface area (TPSA) is 60.9 Å². The fraction of sp³-hybridized carbons (Fsp3) is 0.389. The number of nitrogens with zero attached hydrogens (tertiary/aromatic N) is 3. The molecule has 1 aromatic carbocycles. The number of thiazole rings is 1. The van der Waals surface area contributed by atoms with Crippen LogP contribution >= 0.6 is 11.3 Å². The van der Waals surface area contributed by atoms with E-state index in [2.05, 4.69) is 5.16 Å². The molecule has 0 fully saturated rings. The van der Waals surface area contributed by atoms with Crippen LogP contribution in [0.5, 0.6) is 0 Å². The Morgan fingerprint density at radius 2 is 1.96 bits per heavy atom. The molecule has 0 saturated carbocycles. The fourth-order valence-corrected chi connectivity index (χ4v) is 4.29. The SMILES string of the molecule is O=c1onc(Cc2ccc(F)cc2)n1Cc1nc2c(s1)CCCCC2. The molecule has 0 radical (unpaired) electrons. The molecule has 130 valence electrons. The molecule has 5 nitrogen and oxygen atoms in total. The maximum Gasteiger partial charge on any atom is 0.442 e. The van der Waals surface area contributed by atoms with Crippen molar-refractivity contribution >= 4 is 11.3 Å². The van der Waals surface area contributed by atoms with E-state index in [1.165, 1.54) is 46.5 Å². The summed E-state index contributed by atoms with van der Waals surface area (Å²) in [6.07, 6.45) is 6.15. The molecule has 0 bridgehead atoms. The molecule has 7 heteroatoms. The van der Waals surface area contributed by atoms with Crippen LogP contribution in [0.2, 0.25) is 0 Å². The zero-order chi connectivity index (χ0) is 17.2. The van der Waals surface area contributed by atoms with Crippen molar-refractivity contribution in [2.45, 2.75) is 45.1 Å². The van der Waals surface area contributed by atoms with Crippen molar-refractivity contribution in [3.05, 3.63) is 67.6 Å². The molecule has 1 aliphatic carbocycles. The number of aromatic nitrogens is 3. The third-order valence-electron chi connectivity index (χ3n) is 4.47. The quantitative estimate of drug-likeness (QED) is 0.671. The highest BCUT2D eigenvalue weighted by atomic mass is 32.1. The highest BCUT2D eigenvalue weighted by Crippen LogP contribution is 2.26. The molecule has 2 aromatic heterocycles. The summed E-state index contributed by atoms with van der Waals surface area (Å²) in [5.41, 5.74) is 2.06. The second-order valence-corrected chi connectivity index (χ2v) is 7.46. The summed E-state index contributed by atoms with van der Waals surface area (Å²) >= 11 is 1.68. The molecule has 4 rings (SSSR count). The first-order valence-electron chi connectivity index (χ1n) is 8.46. The van der Waals surface area contributed by atoms with E-state index < -0.39 is 5.76 Å². The van der Waals surface area contributed by atoms with Gasteiger partial charge >= 0.3 is 5.76 Å². The van der Waals surface area contributed by atoms with Gasteiger partial charge in [-0.05, 0) is 43.4 Å². The number of rotatable bonds is 4. The predicted molar refractivity (Wildman–Crippen MR) is 92.4 cm³/mol. The van der Waals surface area contributed by atoms with Crippen LogP contribution < -0.4 is 5.76 Å². The van der Waals surface area contributed by atoms with Gasteiger partial charge in [0.1, 0.15) is 10.8 Å². The van der Waals surface area contributed by atoms with Gasteiger partial charge in [-0.25, -0.2) is 14.2 Å². The largest absolute Gasteiger partial charge is 0.442 e. The number of fused-ring (bicyclic) bond motifs is 1. The predicted octanol–water partition coefficient (Wildman–Crippen LogP) is 3.34. The third kappa shape index (κ3) is 3.56. The van der Waals surface area contributed by atoms with E-state index in [0.717, 1.165) is 23.4 Å². The number of hydrogen-bond donors (Lipinski definition) is 0. The molecule has 0 amide bonds. The Kier molecular flexibility index (Phi) is 4.48. The van der Waals surface area contributed by atoms with Gasteiger partial charge in [-0.15, -0.1) is 11.3 Å². The van der Waals surface area contributed by atoms with Gasteiger partial charge in [-0.3, -0.25) is 9.09 Å². The molecule has 0 unspecified atom stereocenters. The molecular formula is C18H18FN3O2S. The van der Waals surface area contributed by atoms with E-state index in [1.807, 2.05) is 0 Å². The minimum absolute atomic E-state index is 0.287. The van der Waals surface area contributed by atoms with Crippen LogP contribution in [0.3, 0.4) is 0 Å². The molecular weight excluding hydrogens is 341 g/mol. The first kappa shape index (κ1) is 16.2. The van der Waals surface area contributed by atoms with Crippen molar-refractivity contribution in [2.75, 3.05) is 0 Å². The minimum Gasteiger partial charge on any atom is -0.296 e. The van der Waals surface area contributed by atoms with Crippen LogP contribution in [0.25, 0.3) is 0 Å². The van der Waals surface area contributed by atoms with Crippen molar-refractivity contribution in [3.8, 4) is 0 Å². The third-order valence-corrected chi connectivity index (χ3v) is 5.61. The maximum absolute atomic E-state index is 13.0. The Morgan fingerprint density at radius 1 is 1.16 bits per heavy atom. The Balaban J connectivity index is 1.57. The Labute approximate surface area is 148 Å². The van der Waals surface area contributed by atoms with E-state index in [9.17, 15) is 9.18 Å². The van der Waals surface area contributed by atoms with Crippen LogP contribution in [0.1, 0.15) is 46.2 Å². The highest BCUT2D eigenvalue weighted by Gasteiger charge is 2.17. The van der Waals surface area contributed by atoms with Crippen LogP contribution in [0, 0.1) is 5.82 Å². The molecule has 0 saturated heterocycles. The van der Waals surface area contributed by atoms with Crippen molar-refractivity contribution in [3.63, 3.8) is 0 Å². The van der Waals surface area contributed by atoms with Crippen LogP contribution in [0.4, 0.5) is 4.39 Å². The summed E-state index contributed by atoms with van der Waals surface area (Å²) < 4.78 is 19.4. The normalized spacial score (nSPS) is 14.3. The van der Waals surface area contributed by atoms with Gasteiger partial charge in [0.15, 0.2) is 5.82 Å². The monoisotopic (exact) mass is 359 g/mol. The summed E-state index contributed by atoms with van der Waals surface area (Å²) in [5, 5.41) is 4.80. The number of aryl methyl sites for hydroxylation is 2. The Bertz CT molecular complexity index is 903. The lowest BCUT2D eigenvalue weighted by molar-refractivity contribution is 0.375. The summed E-state index contributed by atoms with van der Waals surface area (Å²) in [6.45, 7) is 0.372. The highest BCUT2D eigenvalue weighted by molar-refractivity contribution is 7.11. The summed E-state index contributed by atoms with van der Waals surface area (Å²) in [4.78, 5) is 18.1. The lowest BCUT2D eigenvalue weighted by Gasteiger charge is -2.03. The average molecular weight is 359 g/mol. The fourth-order valence-electron chi connectivity index (χ4n) is 3.15. The van der Waals surface area contributed by atoms with E-state index in [0.29, 0.717) is 18.8 Å². The maximum atomic E-state index is 13.0. The molecule has 0 spiro atoms. The molecule has 3 aromatic rings. The number of hydrogen-bond acceptors (Lipinski definition) is 5. The van der Waals surface area contributed by atoms with Crippen LogP contribution in [0.15, 0.2) is 33.6 Å². The van der Waals surface area contributed by atoms with Gasteiger partial charge in [-0.1, -0.05) is 23.7 Å². The first-order chi connectivity index (χ1) is 12.2. The van der Waals surface area contributed by atoms with Gasteiger partial charge in [-0.2, -0.15) is 0 Å². The first-order valence-corrected chi connectivity index (χ1v) is 9.28. The van der Waals surface area contributed by atoms with Gasteiger partial charge in [0.2, 0.25) is 0 Å². The lowest BCUT2D eigenvalue weighted by atomic mass is 10.1. The molecule has 1 aliphatic rings. The van der Waals surface area contributed by atoms with E-state index in [-0.39, 0.29) is 5.82 Å². The second-order valence-electron chi connectivity index (χ2n) is 6.29. The van der Waals surface area contributed by atoms with Crippen molar-refractivity contribution < 1.29 is 8.91 Å². The molecule has 0 aliphatic heterocycles. The van der Waals surface area contributed by atoms with Gasteiger partial charge < -0.3 is 0 Å². The molecule has 0 N–H and O–H groups in total. The van der Waals surface area contributed by atoms with Gasteiger partial charge in [0.05, 0.1) is 12.2 Å². The van der Waals surface area contributed by atoms with Gasteiger partial charge in [0.25, 0.3) is 0 Å². The molecule has 0 atom stereocenters. The summed E-state index contributed by atoms with van der Waals surface area (Å²) in [6, 6.07) is 6.17. The van der Waals surface area contributed by atoms with Gasteiger partial charge in [0, 0.05) is 11.3 Å². The average Bonchev–Trinajstić information content (AvgIpc) is 3.07. The second kappa shape index (κ2) is 6.92. The summed E-state index contributed by atoms with van der Waals surface area (Å²) in [7, 11) is 0. The standard InChI is InChI=1S/C18H18FN3O2S/c19-13-8-6-12(7-9-13)10-16-21-24-18(23)22(16)11-17-20-14-4-2-1-3-5-15(14)25-17/h6-9H,1-5,10-11H2. The van der Waals surface area contributed by atoms with Crippen molar-refractivity contribution in [2.24, 2.45) is 0 Å². The van der Waals surface area contributed by atoms with Crippen LogP contribution in [-0.2, 0) is 25.8 Å². The Hall–Kier alpha value is -2.28. The smallest absolute Gasteiger partial charge is 0.296 e. The van der Waals surface area contributed by atoms with Crippen molar-refractivity contribution in [1.82, 2.24) is 14.7 Å². The van der Waals surface area contributed by atoms with E-state index in [1.54, 1.807) is 23.5 Å².